The number of carbonyl (C=O) groups is 1. The predicted molar refractivity (Wildman–Crippen MR) is 84.0 cm³/mol. The third-order valence-corrected chi connectivity index (χ3v) is 5.98. The lowest BCUT2D eigenvalue weighted by Crippen LogP contribution is -2.43. The summed E-state index contributed by atoms with van der Waals surface area (Å²) in [6.45, 7) is 3.64. The molecule has 1 unspecified atom stereocenters. The van der Waals surface area contributed by atoms with Crippen molar-refractivity contribution < 1.29 is 13.2 Å². The molecule has 0 saturated carbocycles. The van der Waals surface area contributed by atoms with E-state index in [1.807, 2.05) is 6.92 Å². The molecule has 1 saturated heterocycles. The fourth-order valence-electron chi connectivity index (χ4n) is 3.34. The average Bonchev–Trinajstić information content (AvgIpc) is 3.09. The van der Waals surface area contributed by atoms with Gasteiger partial charge in [0, 0.05) is 32.0 Å². The van der Waals surface area contributed by atoms with Crippen molar-refractivity contribution in [1.82, 2.24) is 24.4 Å². The number of carbonyl (C=O) groups excluding carboxylic acids is 1. The summed E-state index contributed by atoms with van der Waals surface area (Å²) in [5.74, 6) is 1.62. The minimum absolute atomic E-state index is 0.0269. The monoisotopic (exact) mass is 341 g/mol. The standard InChI is InChI=1S/C14H23N5O3S/c1-10(13-17-16-12-4-3-7-19(12)13)15-14(20)11-5-8-18(9-6-11)23(2,21)22/h10-11H,3-9H2,1-2H3,(H,15,20). The molecule has 0 radical (unpaired) electrons. The number of hydrogen-bond acceptors (Lipinski definition) is 5. The van der Waals surface area contributed by atoms with Crippen LogP contribution in [0, 0.1) is 5.92 Å². The van der Waals surface area contributed by atoms with E-state index in [2.05, 4.69) is 20.1 Å². The van der Waals surface area contributed by atoms with Gasteiger partial charge in [-0.3, -0.25) is 4.79 Å². The van der Waals surface area contributed by atoms with Crippen LogP contribution < -0.4 is 5.32 Å². The lowest BCUT2D eigenvalue weighted by Gasteiger charge is -2.30. The van der Waals surface area contributed by atoms with Crippen LogP contribution in [0.15, 0.2) is 0 Å². The molecule has 128 valence electrons. The van der Waals surface area contributed by atoms with E-state index in [0.29, 0.717) is 25.9 Å². The third-order valence-electron chi connectivity index (χ3n) is 4.68. The minimum Gasteiger partial charge on any atom is -0.346 e. The van der Waals surface area contributed by atoms with Gasteiger partial charge in [0.25, 0.3) is 0 Å². The summed E-state index contributed by atoms with van der Waals surface area (Å²) < 4.78 is 26.5. The van der Waals surface area contributed by atoms with Crippen LogP contribution in [-0.4, -0.2) is 52.7 Å². The van der Waals surface area contributed by atoms with Crippen LogP contribution in [0.3, 0.4) is 0 Å². The molecule has 2 aliphatic rings. The predicted octanol–water partition coefficient (Wildman–Crippen LogP) is 0.0731. The maximum atomic E-state index is 12.4. The van der Waals surface area contributed by atoms with Crippen molar-refractivity contribution in [2.75, 3.05) is 19.3 Å². The summed E-state index contributed by atoms with van der Waals surface area (Å²) in [6.07, 6.45) is 4.34. The molecule has 2 aliphatic heterocycles. The van der Waals surface area contributed by atoms with E-state index in [0.717, 1.165) is 31.0 Å². The number of aryl methyl sites for hydroxylation is 1. The summed E-state index contributed by atoms with van der Waals surface area (Å²) in [7, 11) is -3.16. The molecule has 1 N–H and O–H groups in total. The Labute approximate surface area is 136 Å². The van der Waals surface area contributed by atoms with Crippen molar-refractivity contribution in [3.05, 3.63) is 11.6 Å². The number of aromatic nitrogens is 3. The van der Waals surface area contributed by atoms with Gasteiger partial charge >= 0.3 is 0 Å². The van der Waals surface area contributed by atoms with E-state index in [-0.39, 0.29) is 17.9 Å². The second-order valence-electron chi connectivity index (χ2n) is 6.40. The molecule has 9 heteroatoms. The first-order valence-electron chi connectivity index (χ1n) is 8.03. The van der Waals surface area contributed by atoms with Crippen LogP contribution in [0.1, 0.15) is 43.9 Å². The normalized spacial score (nSPS) is 21.1. The smallest absolute Gasteiger partial charge is 0.223 e. The Morgan fingerprint density at radius 3 is 2.61 bits per heavy atom. The van der Waals surface area contributed by atoms with Gasteiger partial charge in [0.1, 0.15) is 5.82 Å². The Bertz CT molecular complexity index is 691. The van der Waals surface area contributed by atoms with E-state index in [1.165, 1.54) is 10.6 Å². The minimum atomic E-state index is -3.16. The van der Waals surface area contributed by atoms with Crippen molar-refractivity contribution in [1.29, 1.82) is 0 Å². The molecular weight excluding hydrogens is 318 g/mol. The van der Waals surface area contributed by atoms with Crippen molar-refractivity contribution in [2.24, 2.45) is 5.92 Å². The SMILES string of the molecule is CC(NC(=O)C1CCN(S(C)(=O)=O)CC1)c1nnc2n1CCC2. The maximum Gasteiger partial charge on any atom is 0.223 e. The van der Waals surface area contributed by atoms with Crippen LogP contribution in [0.25, 0.3) is 0 Å². The van der Waals surface area contributed by atoms with Crippen molar-refractivity contribution in [3.8, 4) is 0 Å². The number of nitrogens with zero attached hydrogens (tertiary/aromatic N) is 4. The van der Waals surface area contributed by atoms with Gasteiger partial charge in [0.15, 0.2) is 5.82 Å². The Hall–Kier alpha value is -1.48. The number of fused-ring (bicyclic) bond motifs is 1. The second kappa shape index (κ2) is 6.20. The summed E-state index contributed by atoms with van der Waals surface area (Å²) in [4.78, 5) is 12.4. The second-order valence-corrected chi connectivity index (χ2v) is 8.38. The van der Waals surface area contributed by atoms with Gasteiger partial charge in [-0.15, -0.1) is 10.2 Å². The quantitative estimate of drug-likeness (QED) is 0.836. The number of amides is 1. The Balaban J connectivity index is 1.57. The summed E-state index contributed by atoms with van der Waals surface area (Å²) in [6, 6.07) is -0.185. The van der Waals surface area contributed by atoms with Gasteiger partial charge in [0.2, 0.25) is 15.9 Å². The van der Waals surface area contributed by atoms with Crippen molar-refractivity contribution in [2.45, 2.75) is 45.2 Å². The average molecular weight is 341 g/mol. The molecule has 1 amide bonds. The van der Waals surface area contributed by atoms with E-state index < -0.39 is 10.0 Å². The van der Waals surface area contributed by atoms with Crippen LogP contribution in [-0.2, 0) is 27.8 Å². The van der Waals surface area contributed by atoms with E-state index >= 15 is 0 Å². The fourth-order valence-corrected chi connectivity index (χ4v) is 4.21. The van der Waals surface area contributed by atoms with E-state index in [9.17, 15) is 13.2 Å². The molecule has 23 heavy (non-hydrogen) atoms. The van der Waals surface area contributed by atoms with Crippen LogP contribution in [0.4, 0.5) is 0 Å². The molecule has 0 spiro atoms. The molecule has 1 fully saturated rings. The maximum absolute atomic E-state index is 12.4. The van der Waals surface area contributed by atoms with Gasteiger partial charge in [0.05, 0.1) is 12.3 Å². The van der Waals surface area contributed by atoms with Gasteiger partial charge in [-0.1, -0.05) is 0 Å². The highest BCUT2D eigenvalue weighted by Gasteiger charge is 2.30. The molecule has 0 aliphatic carbocycles. The summed E-state index contributed by atoms with van der Waals surface area (Å²) in [5.41, 5.74) is 0. The highest BCUT2D eigenvalue weighted by atomic mass is 32.2. The highest BCUT2D eigenvalue weighted by molar-refractivity contribution is 7.88. The van der Waals surface area contributed by atoms with Gasteiger partial charge < -0.3 is 9.88 Å². The topological polar surface area (TPSA) is 97.2 Å². The molecule has 3 rings (SSSR count). The zero-order chi connectivity index (χ0) is 16.6. The zero-order valence-corrected chi connectivity index (χ0v) is 14.3. The lowest BCUT2D eigenvalue weighted by atomic mass is 9.97. The number of nitrogens with one attached hydrogen (secondary N) is 1. The molecule has 0 bridgehead atoms. The summed E-state index contributed by atoms with van der Waals surface area (Å²) >= 11 is 0. The van der Waals surface area contributed by atoms with Gasteiger partial charge in [-0.2, -0.15) is 0 Å². The molecular formula is C14H23N5O3S. The Morgan fingerprint density at radius 2 is 1.96 bits per heavy atom. The number of hydrogen-bond donors (Lipinski definition) is 1. The number of sulfonamides is 1. The Morgan fingerprint density at radius 1 is 1.26 bits per heavy atom. The van der Waals surface area contributed by atoms with Gasteiger partial charge in [-0.05, 0) is 26.2 Å². The fraction of sp³-hybridized carbons (Fsp3) is 0.786. The molecule has 1 atom stereocenters. The molecule has 1 aromatic heterocycles. The molecule has 1 aromatic rings. The third kappa shape index (κ3) is 3.40. The number of rotatable bonds is 4. The van der Waals surface area contributed by atoms with Crippen molar-refractivity contribution >= 4 is 15.9 Å². The summed E-state index contributed by atoms with van der Waals surface area (Å²) in [5, 5.41) is 11.4. The van der Waals surface area contributed by atoms with Crippen LogP contribution in [0.5, 0.6) is 0 Å². The van der Waals surface area contributed by atoms with E-state index in [4.69, 9.17) is 0 Å². The molecule has 0 aromatic carbocycles. The first-order valence-corrected chi connectivity index (χ1v) is 9.88. The zero-order valence-electron chi connectivity index (χ0n) is 13.5. The van der Waals surface area contributed by atoms with E-state index in [1.54, 1.807) is 0 Å². The number of piperidine rings is 1. The lowest BCUT2D eigenvalue weighted by molar-refractivity contribution is -0.126. The molecule has 3 heterocycles. The van der Waals surface area contributed by atoms with Crippen LogP contribution in [0.2, 0.25) is 0 Å². The highest BCUT2D eigenvalue weighted by Crippen LogP contribution is 2.22. The Kier molecular flexibility index (Phi) is 4.41. The van der Waals surface area contributed by atoms with Crippen molar-refractivity contribution in [3.63, 3.8) is 0 Å². The van der Waals surface area contributed by atoms with Gasteiger partial charge in [-0.25, -0.2) is 12.7 Å². The largest absolute Gasteiger partial charge is 0.346 e. The first kappa shape index (κ1) is 16.4. The molecule has 8 nitrogen and oxygen atoms in total. The van der Waals surface area contributed by atoms with Crippen LogP contribution >= 0.6 is 0 Å². The first-order chi connectivity index (χ1) is 10.9.